The number of nitrogens with zero attached hydrogens (tertiary/aromatic N) is 2. The van der Waals surface area contributed by atoms with Crippen LogP contribution in [-0.2, 0) is 6.54 Å². The third-order valence-corrected chi connectivity index (χ3v) is 3.49. The van der Waals surface area contributed by atoms with Crippen LogP contribution < -0.4 is 5.32 Å². The molecule has 1 heterocycles. The van der Waals surface area contributed by atoms with E-state index in [9.17, 15) is 0 Å². The quantitative estimate of drug-likeness (QED) is 0.799. The van der Waals surface area contributed by atoms with E-state index in [4.69, 9.17) is 0 Å². The Balaban J connectivity index is 1.73. The maximum absolute atomic E-state index is 4.35. The Kier molecular flexibility index (Phi) is 4.25. The summed E-state index contributed by atoms with van der Waals surface area (Å²) in [6, 6.07) is 0. The molecule has 0 saturated heterocycles. The van der Waals surface area contributed by atoms with Gasteiger partial charge >= 0.3 is 0 Å². The Morgan fingerprint density at radius 2 is 2.25 bits per heavy atom. The molecule has 1 fully saturated rings. The van der Waals surface area contributed by atoms with Crippen molar-refractivity contribution in [1.29, 1.82) is 0 Å². The number of hydrogen-bond acceptors (Lipinski definition) is 2. The molecule has 16 heavy (non-hydrogen) atoms. The summed E-state index contributed by atoms with van der Waals surface area (Å²) < 4.78 is 2.20. The van der Waals surface area contributed by atoms with E-state index in [1.165, 1.54) is 32.1 Å². The lowest BCUT2D eigenvalue weighted by Gasteiger charge is -2.11. The van der Waals surface area contributed by atoms with E-state index >= 15 is 0 Å². The molecule has 1 aromatic heterocycles. The first-order chi connectivity index (χ1) is 7.90. The lowest BCUT2D eigenvalue weighted by atomic mass is 10.0. The van der Waals surface area contributed by atoms with Crippen molar-refractivity contribution in [3.63, 3.8) is 0 Å². The van der Waals surface area contributed by atoms with Crippen LogP contribution in [0.3, 0.4) is 0 Å². The predicted octanol–water partition coefficient (Wildman–Crippen LogP) is 3.29. The molecule has 0 aliphatic heterocycles. The van der Waals surface area contributed by atoms with E-state index in [-0.39, 0.29) is 0 Å². The zero-order chi connectivity index (χ0) is 11.2. The van der Waals surface area contributed by atoms with E-state index in [1.54, 1.807) is 0 Å². The Bertz CT molecular complexity index is 300. The molecule has 0 aromatic carbocycles. The van der Waals surface area contributed by atoms with Crippen molar-refractivity contribution in [3.8, 4) is 0 Å². The van der Waals surface area contributed by atoms with Crippen LogP contribution in [0.5, 0.6) is 0 Å². The first kappa shape index (κ1) is 11.5. The fourth-order valence-corrected chi connectivity index (χ4v) is 2.58. The van der Waals surface area contributed by atoms with Crippen molar-refractivity contribution in [3.05, 3.63) is 12.4 Å². The summed E-state index contributed by atoms with van der Waals surface area (Å²) >= 11 is 0. The second-order valence-electron chi connectivity index (χ2n) is 4.81. The third kappa shape index (κ3) is 3.00. The predicted molar refractivity (Wildman–Crippen MR) is 67.6 cm³/mol. The van der Waals surface area contributed by atoms with Crippen LogP contribution in [0.1, 0.15) is 45.4 Å². The number of anilines is 1. The minimum atomic E-state index is 0.960. The summed E-state index contributed by atoms with van der Waals surface area (Å²) in [5, 5.41) is 3.46. The van der Waals surface area contributed by atoms with Crippen molar-refractivity contribution in [1.82, 2.24) is 9.55 Å². The smallest absolute Gasteiger partial charge is 0.202 e. The summed E-state index contributed by atoms with van der Waals surface area (Å²) in [5.74, 6) is 2.00. The number of aromatic nitrogens is 2. The molecule has 3 heteroatoms. The van der Waals surface area contributed by atoms with Crippen LogP contribution in [0.2, 0.25) is 0 Å². The highest BCUT2D eigenvalue weighted by Crippen LogP contribution is 2.27. The van der Waals surface area contributed by atoms with Crippen molar-refractivity contribution in [2.24, 2.45) is 5.92 Å². The van der Waals surface area contributed by atoms with Gasteiger partial charge in [-0.3, -0.25) is 0 Å². The second-order valence-corrected chi connectivity index (χ2v) is 4.81. The third-order valence-electron chi connectivity index (χ3n) is 3.49. The monoisotopic (exact) mass is 221 g/mol. The van der Waals surface area contributed by atoms with Gasteiger partial charge in [-0.05, 0) is 18.8 Å². The molecule has 2 rings (SSSR count). The summed E-state index contributed by atoms with van der Waals surface area (Å²) in [7, 11) is 0. The fourth-order valence-electron chi connectivity index (χ4n) is 2.58. The van der Waals surface area contributed by atoms with E-state index < -0.39 is 0 Å². The van der Waals surface area contributed by atoms with Gasteiger partial charge in [0, 0.05) is 25.5 Å². The standard InChI is InChI=1S/C13H23N3/c1-2-10-16-11-9-15-13(16)14-8-7-12-5-3-4-6-12/h9,11-12H,2-8,10H2,1H3,(H,14,15). The molecule has 90 valence electrons. The normalized spacial score (nSPS) is 16.8. The summed E-state index contributed by atoms with van der Waals surface area (Å²) in [4.78, 5) is 4.35. The average Bonchev–Trinajstić information content (AvgIpc) is 2.91. The van der Waals surface area contributed by atoms with Gasteiger partial charge < -0.3 is 9.88 Å². The lowest BCUT2D eigenvalue weighted by molar-refractivity contribution is 0.517. The Morgan fingerprint density at radius 1 is 1.44 bits per heavy atom. The maximum Gasteiger partial charge on any atom is 0.202 e. The first-order valence-corrected chi connectivity index (χ1v) is 6.65. The van der Waals surface area contributed by atoms with Crippen LogP contribution in [0.25, 0.3) is 0 Å². The lowest BCUT2D eigenvalue weighted by Crippen LogP contribution is -2.11. The van der Waals surface area contributed by atoms with Gasteiger partial charge in [0.15, 0.2) is 0 Å². The minimum Gasteiger partial charge on any atom is -0.356 e. The Labute approximate surface area is 98.3 Å². The van der Waals surface area contributed by atoms with E-state index in [0.717, 1.165) is 31.4 Å². The number of imidazole rings is 1. The van der Waals surface area contributed by atoms with Gasteiger partial charge in [0.05, 0.1) is 0 Å². The van der Waals surface area contributed by atoms with E-state index in [0.29, 0.717) is 0 Å². The molecule has 1 aliphatic carbocycles. The number of aryl methyl sites for hydroxylation is 1. The van der Waals surface area contributed by atoms with E-state index in [1.807, 2.05) is 6.20 Å². The summed E-state index contributed by atoms with van der Waals surface area (Å²) in [5.41, 5.74) is 0. The minimum absolute atomic E-state index is 0.960. The molecular formula is C13H23N3. The van der Waals surface area contributed by atoms with Crippen molar-refractivity contribution < 1.29 is 0 Å². The van der Waals surface area contributed by atoms with Crippen LogP contribution in [0.4, 0.5) is 5.95 Å². The van der Waals surface area contributed by atoms with Crippen LogP contribution in [0, 0.1) is 5.92 Å². The summed E-state index contributed by atoms with van der Waals surface area (Å²) in [6.07, 6.45) is 12.2. The topological polar surface area (TPSA) is 29.9 Å². The highest BCUT2D eigenvalue weighted by atomic mass is 15.2. The fraction of sp³-hybridized carbons (Fsp3) is 0.769. The van der Waals surface area contributed by atoms with Gasteiger partial charge in [0.1, 0.15) is 0 Å². The van der Waals surface area contributed by atoms with Crippen molar-refractivity contribution in [2.45, 2.75) is 52.0 Å². The molecule has 0 atom stereocenters. The zero-order valence-corrected chi connectivity index (χ0v) is 10.3. The van der Waals surface area contributed by atoms with Gasteiger partial charge in [-0.1, -0.05) is 32.6 Å². The van der Waals surface area contributed by atoms with Crippen molar-refractivity contribution in [2.75, 3.05) is 11.9 Å². The number of hydrogen-bond donors (Lipinski definition) is 1. The van der Waals surface area contributed by atoms with Gasteiger partial charge in [0.25, 0.3) is 0 Å². The Hall–Kier alpha value is -0.990. The van der Waals surface area contributed by atoms with Crippen LogP contribution in [-0.4, -0.2) is 16.1 Å². The average molecular weight is 221 g/mol. The molecule has 1 aromatic rings. The van der Waals surface area contributed by atoms with E-state index in [2.05, 4.69) is 28.0 Å². The molecule has 0 radical (unpaired) electrons. The first-order valence-electron chi connectivity index (χ1n) is 6.65. The van der Waals surface area contributed by atoms with Gasteiger partial charge in [0.2, 0.25) is 5.95 Å². The Morgan fingerprint density at radius 3 is 3.00 bits per heavy atom. The number of rotatable bonds is 6. The summed E-state index contributed by atoms with van der Waals surface area (Å²) in [6.45, 7) is 4.33. The molecule has 0 amide bonds. The number of nitrogens with one attached hydrogen (secondary N) is 1. The maximum atomic E-state index is 4.35. The molecule has 0 bridgehead atoms. The zero-order valence-electron chi connectivity index (χ0n) is 10.3. The molecule has 0 spiro atoms. The SMILES string of the molecule is CCCn1ccnc1NCCC1CCCC1. The molecule has 1 aliphatic rings. The highest BCUT2D eigenvalue weighted by molar-refractivity contribution is 5.25. The largest absolute Gasteiger partial charge is 0.356 e. The molecule has 1 N–H and O–H groups in total. The molecular weight excluding hydrogens is 198 g/mol. The second kappa shape index (κ2) is 5.92. The van der Waals surface area contributed by atoms with Gasteiger partial charge in [-0.15, -0.1) is 0 Å². The van der Waals surface area contributed by atoms with Crippen LogP contribution in [0.15, 0.2) is 12.4 Å². The van der Waals surface area contributed by atoms with Gasteiger partial charge in [-0.25, -0.2) is 4.98 Å². The van der Waals surface area contributed by atoms with Crippen LogP contribution >= 0.6 is 0 Å². The van der Waals surface area contributed by atoms with Crippen molar-refractivity contribution >= 4 is 5.95 Å². The van der Waals surface area contributed by atoms with Gasteiger partial charge in [-0.2, -0.15) is 0 Å². The molecule has 3 nitrogen and oxygen atoms in total. The highest BCUT2D eigenvalue weighted by Gasteiger charge is 2.14. The molecule has 0 unspecified atom stereocenters. The molecule has 1 saturated carbocycles.